The molecule has 0 aliphatic carbocycles. The SMILES string of the molecule is CC(C)C[C@H](C)C(=O)C(C)(C)C. The summed E-state index contributed by atoms with van der Waals surface area (Å²) in [6.45, 7) is 12.3. The summed E-state index contributed by atoms with van der Waals surface area (Å²) < 4.78 is 0. The zero-order valence-corrected chi connectivity index (χ0v) is 9.27. The first kappa shape index (κ1) is 11.7. The summed E-state index contributed by atoms with van der Waals surface area (Å²) in [6, 6.07) is 0. The monoisotopic (exact) mass is 170 g/mol. The maximum atomic E-state index is 11.7. The second-order valence-electron chi connectivity index (χ2n) is 5.14. The van der Waals surface area contributed by atoms with Crippen LogP contribution in [-0.4, -0.2) is 5.78 Å². The van der Waals surface area contributed by atoms with Crippen LogP contribution in [0, 0.1) is 17.3 Å². The van der Waals surface area contributed by atoms with Crippen molar-refractivity contribution in [2.75, 3.05) is 0 Å². The molecule has 0 radical (unpaired) electrons. The van der Waals surface area contributed by atoms with Gasteiger partial charge in [0.25, 0.3) is 0 Å². The number of carbonyl (C=O) groups excluding carboxylic acids is 1. The van der Waals surface area contributed by atoms with Gasteiger partial charge in [0.15, 0.2) is 0 Å². The van der Waals surface area contributed by atoms with E-state index in [1.54, 1.807) is 0 Å². The maximum absolute atomic E-state index is 11.7. The lowest BCUT2D eigenvalue weighted by Crippen LogP contribution is -2.27. The molecular weight excluding hydrogens is 148 g/mol. The van der Waals surface area contributed by atoms with Gasteiger partial charge < -0.3 is 0 Å². The molecule has 0 aromatic carbocycles. The van der Waals surface area contributed by atoms with Crippen LogP contribution in [-0.2, 0) is 4.79 Å². The van der Waals surface area contributed by atoms with E-state index >= 15 is 0 Å². The standard InChI is InChI=1S/C11H22O/c1-8(2)7-9(3)10(12)11(4,5)6/h8-9H,7H2,1-6H3/t9-/m0/s1. The summed E-state index contributed by atoms with van der Waals surface area (Å²) in [4.78, 5) is 11.7. The van der Waals surface area contributed by atoms with E-state index in [0.29, 0.717) is 11.7 Å². The van der Waals surface area contributed by atoms with Crippen molar-refractivity contribution >= 4 is 5.78 Å². The molecule has 1 atom stereocenters. The first-order valence-corrected chi connectivity index (χ1v) is 4.79. The molecule has 12 heavy (non-hydrogen) atoms. The van der Waals surface area contributed by atoms with E-state index < -0.39 is 0 Å². The Morgan fingerprint density at radius 2 is 1.58 bits per heavy atom. The van der Waals surface area contributed by atoms with Crippen molar-refractivity contribution in [3.05, 3.63) is 0 Å². The van der Waals surface area contributed by atoms with E-state index in [1.165, 1.54) is 0 Å². The van der Waals surface area contributed by atoms with Gasteiger partial charge in [-0.3, -0.25) is 4.79 Å². The second kappa shape index (κ2) is 4.06. The largest absolute Gasteiger partial charge is 0.299 e. The number of rotatable bonds is 3. The first-order valence-electron chi connectivity index (χ1n) is 4.79. The molecule has 0 rings (SSSR count). The fourth-order valence-corrected chi connectivity index (χ4v) is 1.55. The fraction of sp³-hybridized carbons (Fsp3) is 0.909. The van der Waals surface area contributed by atoms with Gasteiger partial charge in [0.1, 0.15) is 5.78 Å². The fourth-order valence-electron chi connectivity index (χ4n) is 1.55. The quantitative estimate of drug-likeness (QED) is 0.635. The zero-order chi connectivity index (χ0) is 9.94. The van der Waals surface area contributed by atoms with Gasteiger partial charge >= 0.3 is 0 Å². The Labute approximate surface area is 76.6 Å². The third-order valence-corrected chi connectivity index (χ3v) is 2.01. The predicted molar refractivity (Wildman–Crippen MR) is 53.1 cm³/mol. The molecule has 1 nitrogen and oxygen atoms in total. The Morgan fingerprint density at radius 3 is 1.83 bits per heavy atom. The Bertz CT molecular complexity index is 151. The Kier molecular flexibility index (Phi) is 3.95. The normalized spacial score (nSPS) is 14.9. The predicted octanol–water partition coefficient (Wildman–Crippen LogP) is 3.28. The molecule has 0 aromatic rings. The van der Waals surface area contributed by atoms with Crippen molar-refractivity contribution in [2.24, 2.45) is 17.3 Å². The van der Waals surface area contributed by atoms with Gasteiger partial charge in [0, 0.05) is 11.3 Å². The first-order chi connectivity index (χ1) is 5.25. The van der Waals surface area contributed by atoms with Gasteiger partial charge in [-0.05, 0) is 12.3 Å². The molecule has 0 unspecified atom stereocenters. The number of Topliss-reactive ketones (excluding diaryl/α,β-unsaturated/α-hetero) is 1. The highest BCUT2D eigenvalue weighted by Crippen LogP contribution is 2.23. The Hall–Kier alpha value is -0.330. The van der Waals surface area contributed by atoms with E-state index in [1.807, 2.05) is 27.7 Å². The summed E-state index contributed by atoms with van der Waals surface area (Å²) in [5.41, 5.74) is -0.172. The summed E-state index contributed by atoms with van der Waals surface area (Å²) in [7, 11) is 0. The van der Waals surface area contributed by atoms with Crippen LogP contribution in [0.2, 0.25) is 0 Å². The molecule has 0 saturated carbocycles. The molecule has 0 spiro atoms. The number of carbonyl (C=O) groups is 1. The van der Waals surface area contributed by atoms with Gasteiger partial charge in [-0.1, -0.05) is 41.5 Å². The van der Waals surface area contributed by atoms with Crippen LogP contribution in [0.15, 0.2) is 0 Å². The smallest absolute Gasteiger partial charge is 0.141 e. The highest BCUT2D eigenvalue weighted by molar-refractivity contribution is 5.85. The highest BCUT2D eigenvalue weighted by atomic mass is 16.1. The molecule has 1 heteroatoms. The summed E-state index contributed by atoms with van der Waals surface area (Å²) >= 11 is 0. The van der Waals surface area contributed by atoms with Gasteiger partial charge in [-0.15, -0.1) is 0 Å². The highest BCUT2D eigenvalue weighted by Gasteiger charge is 2.26. The summed E-state index contributed by atoms with van der Waals surface area (Å²) in [5, 5.41) is 0. The average Bonchev–Trinajstić information content (AvgIpc) is 1.82. The van der Waals surface area contributed by atoms with Crippen molar-refractivity contribution in [1.82, 2.24) is 0 Å². The van der Waals surface area contributed by atoms with Crippen LogP contribution >= 0.6 is 0 Å². The molecule has 0 saturated heterocycles. The van der Waals surface area contributed by atoms with E-state index in [4.69, 9.17) is 0 Å². The Morgan fingerprint density at radius 1 is 1.17 bits per heavy atom. The lowest BCUT2D eigenvalue weighted by Gasteiger charge is -2.22. The molecule has 0 bridgehead atoms. The zero-order valence-electron chi connectivity index (χ0n) is 9.27. The van der Waals surface area contributed by atoms with Gasteiger partial charge in [-0.25, -0.2) is 0 Å². The lowest BCUT2D eigenvalue weighted by molar-refractivity contribution is -0.130. The minimum atomic E-state index is -0.172. The minimum absolute atomic E-state index is 0.172. The van der Waals surface area contributed by atoms with Gasteiger partial charge in [0.2, 0.25) is 0 Å². The van der Waals surface area contributed by atoms with Crippen LogP contribution in [0.25, 0.3) is 0 Å². The lowest BCUT2D eigenvalue weighted by atomic mass is 9.81. The third kappa shape index (κ3) is 3.89. The molecule has 0 aliphatic heterocycles. The van der Waals surface area contributed by atoms with Crippen LogP contribution in [0.4, 0.5) is 0 Å². The van der Waals surface area contributed by atoms with E-state index in [2.05, 4.69) is 13.8 Å². The maximum Gasteiger partial charge on any atom is 0.141 e. The molecule has 0 aliphatic rings. The van der Waals surface area contributed by atoms with Crippen LogP contribution < -0.4 is 0 Å². The topological polar surface area (TPSA) is 17.1 Å². The molecule has 0 aromatic heterocycles. The molecule has 0 heterocycles. The molecule has 72 valence electrons. The van der Waals surface area contributed by atoms with Crippen molar-refractivity contribution in [3.63, 3.8) is 0 Å². The molecule has 0 amide bonds. The van der Waals surface area contributed by atoms with Crippen LogP contribution in [0.1, 0.15) is 48.0 Å². The molecule has 0 N–H and O–H groups in total. The van der Waals surface area contributed by atoms with E-state index in [0.717, 1.165) is 6.42 Å². The number of hydrogen-bond donors (Lipinski definition) is 0. The van der Waals surface area contributed by atoms with Crippen LogP contribution in [0.3, 0.4) is 0 Å². The third-order valence-electron chi connectivity index (χ3n) is 2.01. The van der Waals surface area contributed by atoms with Gasteiger partial charge in [0.05, 0.1) is 0 Å². The minimum Gasteiger partial charge on any atom is -0.299 e. The molecular formula is C11H22O. The Balaban J connectivity index is 4.12. The van der Waals surface area contributed by atoms with Crippen molar-refractivity contribution in [2.45, 2.75) is 48.0 Å². The summed E-state index contributed by atoms with van der Waals surface area (Å²) in [6.07, 6.45) is 1.01. The molecule has 0 fully saturated rings. The van der Waals surface area contributed by atoms with Crippen LogP contribution in [0.5, 0.6) is 0 Å². The van der Waals surface area contributed by atoms with Gasteiger partial charge in [-0.2, -0.15) is 0 Å². The summed E-state index contributed by atoms with van der Waals surface area (Å²) in [5.74, 6) is 1.22. The number of hydrogen-bond acceptors (Lipinski definition) is 1. The van der Waals surface area contributed by atoms with Crippen molar-refractivity contribution in [3.8, 4) is 0 Å². The van der Waals surface area contributed by atoms with Crippen molar-refractivity contribution < 1.29 is 4.79 Å². The number of ketones is 1. The van der Waals surface area contributed by atoms with E-state index in [-0.39, 0.29) is 11.3 Å². The van der Waals surface area contributed by atoms with Crippen molar-refractivity contribution in [1.29, 1.82) is 0 Å². The average molecular weight is 170 g/mol. The second-order valence-corrected chi connectivity index (χ2v) is 5.14. The van der Waals surface area contributed by atoms with E-state index in [9.17, 15) is 4.79 Å².